The molecular formula is C17H22BrNO. The molecule has 2 fully saturated rings. The first-order valence-corrected chi connectivity index (χ1v) is 8.75. The summed E-state index contributed by atoms with van der Waals surface area (Å²) in [6.07, 6.45) is 9.03. The molecule has 2 unspecified atom stereocenters. The number of rotatable bonds is 0. The number of nitrogens with zero attached hydrogens (tertiary/aromatic N) is 1. The van der Waals surface area contributed by atoms with Gasteiger partial charge in [-0.25, -0.2) is 0 Å². The predicted octanol–water partition coefficient (Wildman–Crippen LogP) is 4.16. The van der Waals surface area contributed by atoms with E-state index in [2.05, 4.69) is 39.0 Å². The number of halogens is 1. The molecule has 3 aliphatic heterocycles. The Hall–Kier alpha value is -0.540. The van der Waals surface area contributed by atoms with Gasteiger partial charge < -0.3 is 9.64 Å². The lowest BCUT2D eigenvalue weighted by atomic mass is 9.88. The molecular weight excluding hydrogens is 314 g/mol. The van der Waals surface area contributed by atoms with Crippen LogP contribution in [0.5, 0.6) is 5.75 Å². The third kappa shape index (κ3) is 2.29. The second kappa shape index (κ2) is 5.03. The molecule has 20 heavy (non-hydrogen) atoms. The minimum atomic E-state index is 0.0838. The van der Waals surface area contributed by atoms with E-state index >= 15 is 0 Å². The molecule has 2 nitrogen and oxygen atoms in total. The molecule has 1 aromatic carbocycles. The van der Waals surface area contributed by atoms with E-state index in [1.165, 1.54) is 61.7 Å². The van der Waals surface area contributed by atoms with E-state index in [0.717, 1.165) is 18.2 Å². The largest absolute Gasteiger partial charge is 0.487 e. The van der Waals surface area contributed by atoms with Crippen molar-refractivity contribution in [1.82, 2.24) is 4.90 Å². The Labute approximate surface area is 129 Å². The van der Waals surface area contributed by atoms with Crippen LogP contribution in [0.25, 0.3) is 0 Å². The number of fused-ring (bicyclic) bond motifs is 2. The standard InChI is InChI=1S/C17H22BrNO/c18-14-4-5-16-13(11-14)12-17(20-16)7-6-15-3-1-2-9-19(15)10-8-17/h4-5,11,15H,1-3,6-10,12H2. The van der Waals surface area contributed by atoms with Crippen LogP contribution >= 0.6 is 15.9 Å². The van der Waals surface area contributed by atoms with E-state index in [1.54, 1.807) is 0 Å². The summed E-state index contributed by atoms with van der Waals surface area (Å²) in [4.78, 5) is 2.72. The monoisotopic (exact) mass is 335 g/mol. The number of hydrogen-bond donors (Lipinski definition) is 0. The quantitative estimate of drug-likeness (QED) is 0.705. The molecule has 2 saturated heterocycles. The summed E-state index contributed by atoms with van der Waals surface area (Å²) in [5.74, 6) is 1.12. The van der Waals surface area contributed by atoms with Crippen molar-refractivity contribution in [3.05, 3.63) is 28.2 Å². The molecule has 108 valence electrons. The molecule has 3 heterocycles. The van der Waals surface area contributed by atoms with Gasteiger partial charge in [0.1, 0.15) is 11.4 Å². The molecule has 1 aromatic rings. The van der Waals surface area contributed by atoms with Crippen molar-refractivity contribution in [2.24, 2.45) is 0 Å². The zero-order chi connectivity index (χ0) is 13.6. The molecule has 3 heteroatoms. The number of ether oxygens (including phenoxy) is 1. The van der Waals surface area contributed by atoms with Crippen LogP contribution in [0, 0.1) is 0 Å². The van der Waals surface area contributed by atoms with Crippen molar-refractivity contribution in [1.29, 1.82) is 0 Å². The summed E-state index contributed by atoms with van der Waals surface area (Å²) in [6.45, 7) is 2.53. The van der Waals surface area contributed by atoms with Crippen LogP contribution in [0.1, 0.15) is 44.1 Å². The van der Waals surface area contributed by atoms with Gasteiger partial charge in [0.15, 0.2) is 0 Å². The van der Waals surface area contributed by atoms with Gasteiger partial charge >= 0.3 is 0 Å². The minimum absolute atomic E-state index is 0.0838. The Morgan fingerprint density at radius 2 is 2.10 bits per heavy atom. The van der Waals surface area contributed by atoms with Crippen molar-refractivity contribution in [2.45, 2.75) is 56.6 Å². The van der Waals surface area contributed by atoms with Gasteiger partial charge in [-0.05, 0) is 56.0 Å². The van der Waals surface area contributed by atoms with Gasteiger partial charge in [-0.2, -0.15) is 0 Å². The summed E-state index contributed by atoms with van der Waals surface area (Å²) < 4.78 is 7.60. The fourth-order valence-electron chi connectivity index (χ4n) is 4.26. The Morgan fingerprint density at radius 1 is 1.15 bits per heavy atom. The summed E-state index contributed by atoms with van der Waals surface area (Å²) in [5.41, 5.74) is 1.47. The Bertz CT molecular complexity index is 500. The average Bonchev–Trinajstić information content (AvgIpc) is 2.71. The van der Waals surface area contributed by atoms with E-state index in [0.29, 0.717) is 0 Å². The minimum Gasteiger partial charge on any atom is -0.487 e. The highest BCUT2D eigenvalue weighted by atomic mass is 79.9. The second-order valence-corrected chi connectivity index (χ2v) is 7.60. The zero-order valence-corrected chi connectivity index (χ0v) is 13.5. The smallest absolute Gasteiger partial charge is 0.123 e. The van der Waals surface area contributed by atoms with Crippen LogP contribution < -0.4 is 4.74 Å². The normalized spacial score (nSPS) is 33.4. The van der Waals surface area contributed by atoms with E-state index in [1.807, 2.05) is 0 Å². The lowest BCUT2D eigenvalue weighted by molar-refractivity contribution is 0.0768. The molecule has 0 amide bonds. The molecule has 1 spiro atoms. The topological polar surface area (TPSA) is 12.5 Å². The van der Waals surface area contributed by atoms with Crippen LogP contribution in [0.3, 0.4) is 0 Å². The molecule has 0 N–H and O–H groups in total. The third-order valence-corrected chi connectivity index (χ3v) is 5.89. The van der Waals surface area contributed by atoms with Gasteiger partial charge in [0.2, 0.25) is 0 Å². The van der Waals surface area contributed by atoms with Gasteiger partial charge in [-0.3, -0.25) is 0 Å². The molecule has 3 aliphatic rings. The van der Waals surface area contributed by atoms with Crippen molar-refractivity contribution in [3.8, 4) is 5.75 Å². The van der Waals surface area contributed by atoms with Gasteiger partial charge in [-0.15, -0.1) is 0 Å². The number of piperidine rings is 1. The fourth-order valence-corrected chi connectivity index (χ4v) is 4.67. The van der Waals surface area contributed by atoms with Crippen molar-refractivity contribution < 1.29 is 4.74 Å². The highest BCUT2D eigenvalue weighted by molar-refractivity contribution is 9.10. The maximum atomic E-state index is 6.43. The second-order valence-electron chi connectivity index (χ2n) is 6.69. The molecule has 0 aliphatic carbocycles. The first kappa shape index (κ1) is 13.1. The van der Waals surface area contributed by atoms with Crippen LogP contribution in [0.4, 0.5) is 0 Å². The number of hydrogen-bond acceptors (Lipinski definition) is 2. The Kier molecular flexibility index (Phi) is 3.30. The van der Waals surface area contributed by atoms with Crippen LogP contribution in [-0.4, -0.2) is 29.6 Å². The fraction of sp³-hybridized carbons (Fsp3) is 0.647. The third-order valence-electron chi connectivity index (χ3n) is 5.40. The van der Waals surface area contributed by atoms with Crippen LogP contribution in [0.2, 0.25) is 0 Å². The lowest BCUT2D eigenvalue weighted by Gasteiger charge is -2.33. The van der Waals surface area contributed by atoms with E-state index < -0.39 is 0 Å². The molecule has 4 rings (SSSR count). The molecule has 0 saturated carbocycles. The lowest BCUT2D eigenvalue weighted by Crippen LogP contribution is -2.39. The highest BCUT2D eigenvalue weighted by Crippen LogP contribution is 2.43. The van der Waals surface area contributed by atoms with Crippen molar-refractivity contribution >= 4 is 15.9 Å². The summed E-state index contributed by atoms with van der Waals surface area (Å²) in [5, 5.41) is 0. The van der Waals surface area contributed by atoms with Gasteiger partial charge in [0.25, 0.3) is 0 Å². The Morgan fingerprint density at radius 3 is 3.05 bits per heavy atom. The van der Waals surface area contributed by atoms with E-state index in [9.17, 15) is 0 Å². The number of benzene rings is 1. The Balaban J connectivity index is 1.55. The average molecular weight is 336 g/mol. The maximum absolute atomic E-state index is 6.43. The van der Waals surface area contributed by atoms with Gasteiger partial charge in [0, 0.05) is 29.9 Å². The molecule has 2 atom stereocenters. The first-order valence-electron chi connectivity index (χ1n) is 7.96. The van der Waals surface area contributed by atoms with E-state index in [-0.39, 0.29) is 5.60 Å². The van der Waals surface area contributed by atoms with Crippen molar-refractivity contribution in [3.63, 3.8) is 0 Å². The maximum Gasteiger partial charge on any atom is 0.123 e. The van der Waals surface area contributed by atoms with Crippen LogP contribution in [-0.2, 0) is 6.42 Å². The van der Waals surface area contributed by atoms with Gasteiger partial charge in [-0.1, -0.05) is 22.4 Å². The summed E-state index contributed by atoms with van der Waals surface area (Å²) in [6, 6.07) is 7.29. The first-order chi connectivity index (χ1) is 9.74. The predicted molar refractivity (Wildman–Crippen MR) is 84.3 cm³/mol. The molecule has 0 bridgehead atoms. The highest BCUT2D eigenvalue weighted by Gasteiger charge is 2.42. The van der Waals surface area contributed by atoms with Crippen molar-refractivity contribution in [2.75, 3.05) is 13.1 Å². The van der Waals surface area contributed by atoms with Crippen LogP contribution in [0.15, 0.2) is 22.7 Å². The van der Waals surface area contributed by atoms with Gasteiger partial charge in [0.05, 0.1) is 0 Å². The molecule has 0 aromatic heterocycles. The summed E-state index contributed by atoms with van der Waals surface area (Å²) in [7, 11) is 0. The summed E-state index contributed by atoms with van der Waals surface area (Å²) >= 11 is 3.58. The SMILES string of the molecule is Brc1ccc2c(c1)CC1(CCC3CCCCN3CC1)O2. The van der Waals surface area contributed by atoms with E-state index in [4.69, 9.17) is 4.74 Å². The zero-order valence-electron chi connectivity index (χ0n) is 11.9. The molecule has 0 radical (unpaired) electrons.